The van der Waals surface area contributed by atoms with Crippen molar-refractivity contribution in [3.8, 4) is 11.5 Å². The quantitative estimate of drug-likeness (QED) is 0.888. The molecular formula is C17H29NO2. The minimum absolute atomic E-state index is 0. The SMILES string of the molecule is C.COc1cc(CCC(C)N2CCCCC2)ccc1O. The number of ether oxygens (including phenoxy) is 1. The number of rotatable bonds is 5. The highest BCUT2D eigenvalue weighted by molar-refractivity contribution is 5.41. The first-order valence-electron chi connectivity index (χ1n) is 7.30. The summed E-state index contributed by atoms with van der Waals surface area (Å²) in [6, 6.07) is 6.29. The number of benzene rings is 1. The minimum Gasteiger partial charge on any atom is -0.504 e. The van der Waals surface area contributed by atoms with E-state index in [-0.39, 0.29) is 13.2 Å². The van der Waals surface area contributed by atoms with E-state index in [1.165, 1.54) is 37.9 Å². The number of phenols is 1. The van der Waals surface area contributed by atoms with Crippen molar-refractivity contribution in [1.82, 2.24) is 4.90 Å². The fourth-order valence-corrected chi connectivity index (χ4v) is 2.79. The van der Waals surface area contributed by atoms with Gasteiger partial charge in [0.2, 0.25) is 0 Å². The highest BCUT2D eigenvalue weighted by atomic mass is 16.5. The number of aryl methyl sites for hydroxylation is 1. The summed E-state index contributed by atoms with van der Waals surface area (Å²) < 4.78 is 5.15. The molecule has 0 saturated carbocycles. The van der Waals surface area contributed by atoms with Crippen molar-refractivity contribution < 1.29 is 9.84 Å². The summed E-state index contributed by atoms with van der Waals surface area (Å²) in [6.07, 6.45) is 6.27. The molecule has 0 radical (unpaired) electrons. The predicted octanol–water partition coefficient (Wildman–Crippen LogP) is 3.84. The molecule has 0 aliphatic carbocycles. The number of methoxy groups -OCH3 is 1. The first kappa shape index (κ1) is 16.8. The van der Waals surface area contributed by atoms with Crippen LogP contribution in [0, 0.1) is 0 Å². The molecule has 2 rings (SSSR count). The molecule has 1 saturated heterocycles. The van der Waals surface area contributed by atoms with Gasteiger partial charge in [0.15, 0.2) is 11.5 Å². The lowest BCUT2D eigenvalue weighted by Crippen LogP contribution is -2.37. The van der Waals surface area contributed by atoms with Crippen molar-refractivity contribution in [1.29, 1.82) is 0 Å². The summed E-state index contributed by atoms with van der Waals surface area (Å²) in [4.78, 5) is 2.60. The average Bonchev–Trinajstić information content (AvgIpc) is 2.47. The zero-order chi connectivity index (χ0) is 13.7. The van der Waals surface area contributed by atoms with E-state index in [1.807, 2.05) is 12.1 Å². The van der Waals surface area contributed by atoms with Crippen LogP contribution in [-0.2, 0) is 6.42 Å². The maximum absolute atomic E-state index is 9.58. The Bertz CT molecular complexity index is 400. The molecule has 3 nitrogen and oxygen atoms in total. The molecule has 0 bridgehead atoms. The first-order valence-corrected chi connectivity index (χ1v) is 7.30. The van der Waals surface area contributed by atoms with Crippen molar-refractivity contribution >= 4 is 0 Å². The normalized spacial score (nSPS) is 17.3. The number of likely N-dealkylation sites (tertiary alicyclic amines) is 1. The molecule has 1 aromatic carbocycles. The van der Waals surface area contributed by atoms with Gasteiger partial charge in [0.1, 0.15) is 0 Å². The van der Waals surface area contributed by atoms with E-state index < -0.39 is 0 Å². The maximum atomic E-state index is 9.58. The van der Waals surface area contributed by atoms with Crippen molar-refractivity contribution in [3.05, 3.63) is 23.8 Å². The van der Waals surface area contributed by atoms with E-state index in [9.17, 15) is 5.11 Å². The molecule has 1 aromatic rings. The van der Waals surface area contributed by atoms with Gasteiger partial charge in [-0.3, -0.25) is 0 Å². The van der Waals surface area contributed by atoms with Crippen LogP contribution in [0.4, 0.5) is 0 Å². The van der Waals surface area contributed by atoms with Gasteiger partial charge in [0, 0.05) is 6.04 Å². The maximum Gasteiger partial charge on any atom is 0.160 e. The van der Waals surface area contributed by atoms with Gasteiger partial charge in [0.05, 0.1) is 7.11 Å². The lowest BCUT2D eigenvalue weighted by molar-refractivity contribution is 0.166. The van der Waals surface area contributed by atoms with Crippen LogP contribution < -0.4 is 4.74 Å². The van der Waals surface area contributed by atoms with Gasteiger partial charge in [-0.05, 0) is 63.4 Å². The van der Waals surface area contributed by atoms with E-state index in [2.05, 4.69) is 11.8 Å². The Morgan fingerprint density at radius 1 is 1.25 bits per heavy atom. The standard InChI is InChI=1S/C16H25NO2.CH4/c1-13(17-10-4-3-5-11-17)6-7-14-8-9-15(18)16(12-14)19-2;/h8-9,12-13,18H,3-7,10-11H2,1-2H3;1H4. The summed E-state index contributed by atoms with van der Waals surface area (Å²) in [6.45, 7) is 4.82. The Morgan fingerprint density at radius 3 is 2.60 bits per heavy atom. The summed E-state index contributed by atoms with van der Waals surface area (Å²) >= 11 is 0. The molecule has 0 amide bonds. The molecule has 1 unspecified atom stereocenters. The van der Waals surface area contributed by atoms with Crippen LogP contribution in [0.5, 0.6) is 11.5 Å². The Kier molecular flexibility index (Phi) is 6.86. The Labute approximate surface area is 123 Å². The molecule has 1 aliphatic rings. The zero-order valence-corrected chi connectivity index (χ0v) is 12.1. The van der Waals surface area contributed by atoms with Gasteiger partial charge in [-0.25, -0.2) is 0 Å². The molecule has 1 aliphatic heterocycles. The van der Waals surface area contributed by atoms with E-state index in [4.69, 9.17) is 4.74 Å². The van der Waals surface area contributed by atoms with Gasteiger partial charge in [0.25, 0.3) is 0 Å². The van der Waals surface area contributed by atoms with Gasteiger partial charge in [-0.1, -0.05) is 19.9 Å². The largest absolute Gasteiger partial charge is 0.504 e. The third-order valence-electron chi connectivity index (χ3n) is 4.11. The highest BCUT2D eigenvalue weighted by Crippen LogP contribution is 2.27. The zero-order valence-electron chi connectivity index (χ0n) is 12.1. The van der Waals surface area contributed by atoms with Crippen molar-refractivity contribution in [2.24, 2.45) is 0 Å². The summed E-state index contributed by atoms with van der Waals surface area (Å²) in [5, 5.41) is 9.58. The second-order valence-corrected chi connectivity index (χ2v) is 5.49. The number of nitrogens with zero attached hydrogens (tertiary/aromatic N) is 1. The van der Waals surface area contributed by atoms with Crippen LogP contribution in [0.15, 0.2) is 18.2 Å². The van der Waals surface area contributed by atoms with E-state index in [0.717, 1.165) is 12.8 Å². The van der Waals surface area contributed by atoms with Crippen LogP contribution in [0.25, 0.3) is 0 Å². The van der Waals surface area contributed by atoms with E-state index in [0.29, 0.717) is 11.8 Å². The summed E-state index contributed by atoms with van der Waals surface area (Å²) in [5.74, 6) is 0.790. The smallest absolute Gasteiger partial charge is 0.160 e. The molecule has 3 heteroatoms. The monoisotopic (exact) mass is 279 g/mol. The molecule has 1 fully saturated rings. The number of piperidine rings is 1. The summed E-state index contributed by atoms with van der Waals surface area (Å²) in [7, 11) is 1.59. The molecule has 114 valence electrons. The lowest BCUT2D eigenvalue weighted by atomic mass is 10.0. The van der Waals surface area contributed by atoms with E-state index >= 15 is 0 Å². The van der Waals surface area contributed by atoms with Crippen LogP contribution in [-0.4, -0.2) is 36.2 Å². The number of hydrogen-bond acceptors (Lipinski definition) is 3. The van der Waals surface area contributed by atoms with Crippen molar-refractivity contribution in [2.75, 3.05) is 20.2 Å². The first-order chi connectivity index (χ1) is 9.20. The van der Waals surface area contributed by atoms with Crippen LogP contribution >= 0.6 is 0 Å². The molecule has 1 heterocycles. The second kappa shape index (κ2) is 8.15. The lowest BCUT2D eigenvalue weighted by Gasteiger charge is -2.32. The third kappa shape index (κ3) is 4.41. The average molecular weight is 279 g/mol. The minimum atomic E-state index is 0. The van der Waals surface area contributed by atoms with Gasteiger partial charge in [-0.15, -0.1) is 0 Å². The molecule has 1 N–H and O–H groups in total. The number of aromatic hydroxyl groups is 1. The summed E-state index contributed by atoms with van der Waals surface area (Å²) in [5.41, 5.74) is 1.23. The van der Waals surface area contributed by atoms with Crippen LogP contribution in [0.1, 0.15) is 45.6 Å². The Hall–Kier alpha value is -1.22. The van der Waals surface area contributed by atoms with Gasteiger partial charge in [-0.2, -0.15) is 0 Å². The molecule has 20 heavy (non-hydrogen) atoms. The van der Waals surface area contributed by atoms with Gasteiger partial charge >= 0.3 is 0 Å². The van der Waals surface area contributed by atoms with Crippen LogP contribution in [0.2, 0.25) is 0 Å². The van der Waals surface area contributed by atoms with Crippen molar-refractivity contribution in [2.45, 2.75) is 52.5 Å². The molecule has 1 atom stereocenters. The number of phenolic OH excluding ortho intramolecular Hbond substituents is 1. The molecule has 0 aromatic heterocycles. The third-order valence-corrected chi connectivity index (χ3v) is 4.11. The fourth-order valence-electron chi connectivity index (χ4n) is 2.79. The Balaban J connectivity index is 0.00000200. The molecule has 0 spiro atoms. The topological polar surface area (TPSA) is 32.7 Å². The van der Waals surface area contributed by atoms with Gasteiger partial charge < -0.3 is 14.7 Å². The van der Waals surface area contributed by atoms with Crippen LogP contribution in [0.3, 0.4) is 0 Å². The fraction of sp³-hybridized carbons (Fsp3) is 0.647. The molecular weight excluding hydrogens is 250 g/mol. The van der Waals surface area contributed by atoms with Crippen molar-refractivity contribution in [3.63, 3.8) is 0 Å². The predicted molar refractivity (Wildman–Crippen MR) is 84.6 cm³/mol. The van der Waals surface area contributed by atoms with E-state index in [1.54, 1.807) is 13.2 Å². The Morgan fingerprint density at radius 2 is 1.95 bits per heavy atom. The highest BCUT2D eigenvalue weighted by Gasteiger charge is 2.16. The number of hydrogen-bond donors (Lipinski definition) is 1. The second-order valence-electron chi connectivity index (χ2n) is 5.49.